The van der Waals surface area contributed by atoms with Gasteiger partial charge >= 0.3 is 0 Å². The van der Waals surface area contributed by atoms with Crippen LogP contribution in [0.15, 0.2) is 6.07 Å². The number of hydrogen-bond donors (Lipinski definition) is 2. The minimum atomic E-state index is 0. The molecular weight excluding hydrogens is 316 g/mol. The van der Waals surface area contributed by atoms with Gasteiger partial charge in [-0.05, 0) is 55.8 Å². The summed E-state index contributed by atoms with van der Waals surface area (Å²) in [6.45, 7) is 9.55. The Hall–Kier alpha value is -0.580. The maximum absolute atomic E-state index is 12.4. The quantitative estimate of drug-likeness (QED) is 0.824. The molecule has 2 N–H and O–H groups in total. The van der Waals surface area contributed by atoms with Crippen LogP contribution in [0, 0.1) is 5.41 Å². The third-order valence-electron chi connectivity index (χ3n) is 4.46. The first-order chi connectivity index (χ1) is 10.1. The van der Waals surface area contributed by atoms with Crippen molar-refractivity contribution in [2.45, 2.75) is 52.9 Å². The maximum Gasteiger partial charge on any atom is 0.261 e. The number of nitrogens with one attached hydrogen (secondary N) is 2. The summed E-state index contributed by atoms with van der Waals surface area (Å²) in [5.41, 5.74) is 1.60. The number of thiophene rings is 1. The first-order valence-corrected chi connectivity index (χ1v) is 9.00. The van der Waals surface area contributed by atoms with Gasteiger partial charge in [-0.3, -0.25) is 4.79 Å². The molecule has 1 aromatic rings. The average Bonchev–Trinajstić information content (AvgIpc) is 2.89. The number of aryl methyl sites for hydroxylation is 2. The summed E-state index contributed by atoms with van der Waals surface area (Å²) in [5, 5.41) is 6.54. The molecule has 2 rings (SSSR count). The molecule has 1 fully saturated rings. The lowest BCUT2D eigenvalue weighted by molar-refractivity contribution is 0.0926. The minimum absolute atomic E-state index is 0. The van der Waals surface area contributed by atoms with Gasteiger partial charge in [-0.1, -0.05) is 27.2 Å². The number of rotatable bonds is 6. The van der Waals surface area contributed by atoms with E-state index in [1.807, 2.05) is 0 Å². The molecule has 3 nitrogen and oxygen atoms in total. The molecule has 1 amide bonds. The van der Waals surface area contributed by atoms with Crippen LogP contribution in [0.3, 0.4) is 0 Å². The highest BCUT2D eigenvalue weighted by Crippen LogP contribution is 2.28. The first kappa shape index (κ1) is 19.5. The largest absolute Gasteiger partial charge is 0.351 e. The molecule has 0 aromatic carbocycles. The first-order valence-electron chi connectivity index (χ1n) is 8.18. The van der Waals surface area contributed by atoms with Crippen LogP contribution in [0.25, 0.3) is 0 Å². The monoisotopic (exact) mass is 344 g/mol. The zero-order valence-electron chi connectivity index (χ0n) is 14.0. The van der Waals surface area contributed by atoms with Crippen molar-refractivity contribution in [2.24, 2.45) is 5.41 Å². The Morgan fingerprint density at radius 3 is 2.64 bits per heavy atom. The molecule has 22 heavy (non-hydrogen) atoms. The molecule has 126 valence electrons. The smallest absolute Gasteiger partial charge is 0.261 e. The molecule has 1 saturated heterocycles. The number of carbonyl (C=O) groups is 1. The number of hydrogen-bond acceptors (Lipinski definition) is 3. The summed E-state index contributed by atoms with van der Waals surface area (Å²) in [6, 6.07) is 2.09. The van der Waals surface area contributed by atoms with Crippen molar-refractivity contribution in [1.29, 1.82) is 0 Å². The Balaban J connectivity index is 0.00000242. The second-order valence-corrected chi connectivity index (χ2v) is 7.54. The Bertz CT molecular complexity index is 481. The van der Waals surface area contributed by atoms with Gasteiger partial charge in [0.15, 0.2) is 0 Å². The average molecular weight is 345 g/mol. The van der Waals surface area contributed by atoms with Crippen LogP contribution >= 0.6 is 23.7 Å². The molecule has 0 aliphatic carbocycles. The number of halogens is 1. The topological polar surface area (TPSA) is 41.1 Å². The molecular formula is C17H29ClN2OS. The Labute approximate surface area is 144 Å². The van der Waals surface area contributed by atoms with Gasteiger partial charge < -0.3 is 10.6 Å². The number of piperidine rings is 1. The molecule has 0 atom stereocenters. The van der Waals surface area contributed by atoms with Crippen LogP contribution in [0.1, 0.15) is 60.1 Å². The Morgan fingerprint density at radius 1 is 1.36 bits per heavy atom. The van der Waals surface area contributed by atoms with Crippen molar-refractivity contribution >= 4 is 29.7 Å². The van der Waals surface area contributed by atoms with Crippen molar-refractivity contribution in [2.75, 3.05) is 19.6 Å². The third-order valence-corrected chi connectivity index (χ3v) is 5.70. The van der Waals surface area contributed by atoms with Crippen molar-refractivity contribution in [1.82, 2.24) is 10.6 Å². The van der Waals surface area contributed by atoms with E-state index in [1.54, 1.807) is 11.3 Å². The zero-order valence-corrected chi connectivity index (χ0v) is 15.6. The molecule has 0 saturated carbocycles. The van der Waals surface area contributed by atoms with Crippen molar-refractivity contribution in [3.63, 3.8) is 0 Å². The van der Waals surface area contributed by atoms with Crippen molar-refractivity contribution in [3.05, 3.63) is 21.4 Å². The van der Waals surface area contributed by atoms with E-state index in [9.17, 15) is 4.79 Å². The van der Waals surface area contributed by atoms with E-state index in [0.717, 1.165) is 56.6 Å². The van der Waals surface area contributed by atoms with Crippen molar-refractivity contribution in [3.8, 4) is 0 Å². The molecule has 0 unspecified atom stereocenters. The highest BCUT2D eigenvalue weighted by Gasteiger charge is 2.27. The van der Waals surface area contributed by atoms with Crippen LogP contribution in [-0.2, 0) is 12.8 Å². The summed E-state index contributed by atoms with van der Waals surface area (Å²) in [7, 11) is 0. The van der Waals surface area contributed by atoms with Crippen molar-refractivity contribution < 1.29 is 4.79 Å². The van der Waals surface area contributed by atoms with E-state index in [0.29, 0.717) is 0 Å². The number of amides is 1. The normalized spacial score (nSPS) is 16.9. The Morgan fingerprint density at radius 2 is 2.05 bits per heavy atom. The van der Waals surface area contributed by atoms with E-state index in [-0.39, 0.29) is 23.7 Å². The predicted molar refractivity (Wildman–Crippen MR) is 97.5 cm³/mol. The lowest BCUT2D eigenvalue weighted by atomic mass is 9.81. The second-order valence-electron chi connectivity index (χ2n) is 6.41. The summed E-state index contributed by atoms with van der Waals surface area (Å²) in [6.07, 6.45) is 5.52. The van der Waals surface area contributed by atoms with Crippen LogP contribution in [0.2, 0.25) is 0 Å². The molecule has 1 aromatic heterocycles. The lowest BCUT2D eigenvalue weighted by Crippen LogP contribution is -2.42. The van der Waals surface area contributed by atoms with Crippen LogP contribution in [0.5, 0.6) is 0 Å². The summed E-state index contributed by atoms with van der Waals surface area (Å²) in [5.74, 6) is 0.108. The maximum atomic E-state index is 12.4. The molecule has 2 heterocycles. The summed E-state index contributed by atoms with van der Waals surface area (Å²) in [4.78, 5) is 14.7. The highest BCUT2D eigenvalue weighted by atomic mass is 35.5. The zero-order chi connectivity index (χ0) is 15.3. The van der Waals surface area contributed by atoms with Gasteiger partial charge in [0.25, 0.3) is 5.91 Å². The lowest BCUT2D eigenvalue weighted by Gasteiger charge is -2.34. The summed E-state index contributed by atoms with van der Waals surface area (Å²) >= 11 is 1.68. The fraction of sp³-hybridized carbons (Fsp3) is 0.706. The van der Waals surface area contributed by atoms with E-state index >= 15 is 0 Å². The van der Waals surface area contributed by atoms with Gasteiger partial charge in [-0.15, -0.1) is 23.7 Å². The minimum Gasteiger partial charge on any atom is -0.351 e. The van der Waals surface area contributed by atoms with Crippen LogP contribution in [-0.4, -0.2) is 25.5 Å². The third kappa shape index (κ3) is 4.97. The molecule has 0 radical (unpaired) electrons. The molecule has 5 heteroatoms. The standard InChI is InChI=1S/C17H28N2OS.ClH/c1-4-6-14-13(5-2)11-15(21-14)16(20)19-12-17(3)7-9-18-10-8-17;/h11,18H,4-10,12H2,1-3H3,(H,19,20);1H. The van der Waals surface area contributed by atoms with Crippen LogP contribution < -0.4 is 10.6 Å². The van der Waals surface area contributed by atoms with E-state index in [2.05, 4.69) is 37.5 Å². The van der Waals surface area contributed by atoms with Gasteiger partial charge in [0.1, 0.15) is 0 Å². The fourth-order valence-corrected chi connectivity index (χ4v) is 4.18. The predicted octanol–water partition coefficient (Wildman–Crippen LogP) is 3.80. The Kier molecular flexibility index (Phi) is 7.87. The van der Waals surface area contributed by atoms with E-state index in [4.69, 9.17) is 0 Å². The van der Waals surface area contributed by atoms with Gasteiger partial charge in [-0.25, -0.2) is 0 Å². The molecule has 0 spiro atoms. The second kappa shape index (κ2) is 8.90. The SMILES string of the molecule is CCCc1sc(C(=O)NCC2(C)CCNCC2)cc1CC.Cl. The number of carbonyl (C=O) groups excluding carboxylic acids is 1. The highest BCUT2D eigenvalue weighted by molar-refractivity contribution is 7.14. The van der Waals surface area contributed by atoms with E-state index < -0.39 is 0 Å². The van der Waals surface area contributed by atoms with Crippen LogP contribution in [0.4, 0.5) is 0 Å². The van der Waals surface area contributed by atoms with E-state index in [1.165, 1.54) is 10.4 Å². The molecule has 1 aliphatic rings. The molecule has 1 aliphatic heterocycles. The fourth-order valence-electron chi connectivity index (χ4n) is 2.90. The molecule has 0 bridgehead atoms. The van der Waals surface area contributed by atoms with Gasteiger partial charge in [0, 0.05) is 11.4 Å². The van der Waals surface area contributed by atoms with Gasteiger partial charge in [-0.2, -0.15) is 0 Å². The van der Waals surface area contributed by atoms with Gasteiger partial charge in [0.2, 0.25) is 0 Å². The summed E-state index contributed by atoms with van der Waals surface area (Å²) < 4.78 is 0. The van der Waals surface area contributed by atoms with Gasteiger partial charge in [0.05, 0.1) is 4.88 Å².